The minimum Gasteiger partial charge on any atom is -0.507 e. The highest BCUT2D eigenvalue weighted by Gasteiger charge is 2.13. The second-order valence-electron chi connectivity index (χ2n) is 4.54. The standard InChI is InChI=1S/C14H20ClNO3/c1-2-3-10(6-7-17)9-16-14(19)12-5-4-11(15)8-13(12)18/h4-5,8,10,17-18H,2-3,6-7,9H2,1H3,(H,16,19). The third-order valence-corrected chi connectivity index (χ3v) is 3.23. The Labute approximate surface area is 118 Å². The summed E-state index contributed by atoms with van der Waals surface area (Å²) in [6.07, 6.45) is 2.63. The Morgan fingerprint density at radius 3 is 2.74 bits per heavy atom. The molecule has 0 aliphatic heterocycles. The fraction of sp³-hybridized carbons (Fsp3) is 0.500. The van der Waals surface area contributed by atoms with Gasteiger partial charge in [0.15, 0.2) is 0 Å². The van der Waals surface area contributed by atoms with Gasteiger partial charge in [0, 0.05) is 18.2 Å². The van der Waals surface area contributed by atoms with Gasteiger partial charge in [0.1, 0.15) is 5.75 Å². The SMILES string of the molecule is CCCC(CCO)CNC(=O)c1ccc(Cl)cc1O. The monoisotopic (exact) mass is 285 g/mol. The number of rotatable bonds is 7. The molecule has 0 spiro atoms. The number of aromatic hydroxyl groups is 1. The normalized spacial score (nSPS) is 12.2. The molecule has 0 fully saturated rings. The number of carbonyl (C=O) groups is 1. The van der Waals surface area contributed by atoms with E-state index in [1.54, 1.807) is 6.07 Å². The molecular formula is C14H20ClNO3. The van der Waals surface area contributed by atoms with Crippen LogP contribution in [0.25, 0.3) is 0 Å². The van der Waals surface area contributed by atoms with E-state index in [0.29, 0.717) is 18.0 Å². The van der Waals surface area contributed by atoms with Gasteiger partial charge in [0.25, 0.3) is 5.91 Å². The van der Waals surface area contributed by atoms with Crippen LogP contribution >= 0.6 is 11.6 Å². The van der Waals surface area contributed by atoms with E-state index in [0.717, 1.165) is 12.8 Å². The highest BCUT2D eigenvalue weighted by atomic mass is 35.5. The molecule has 0 bridgehead atoms. The van der Waals surface area contributed by atoms with Crippen LogP contribution in [0.3, 0.4) is 0 Å². The lowest BCUT2D eigenvalue weighted by molar-refractivity contribution is 0.0940. The third kappa shape index (κ3) is 5.09. The Morgan fingerprint density at radius 2 is 2.16 bits per heavy atom. The minimum atomic E-state index is -0.326. The topological polar surface area (TPSA) is 69.6 Å². The quantitative estimate of drug-likeness (QED) is 0.721. The first kappa shape index (κ1) is 15.8. The number of aliphatic hydroxyl groups is 1. The number of nitrogens with one attached hydrogen (secondary N) is 1. The molecule has 4 nitrogen and oxygen atoms in total. The molecule has 0 saturated heterocycles. The summed E-state index contributed by atoms with van der Waals surface area (Å²) in [5.74, 6) is -0.194. The molecule has 0 heterocycles. The van der Waals surface area contributed by atoms with Crippen molar-refractivity contribution >= 4 is 17.5 Å². The molecule has 0 aliphatic carbocycles. The number of hydrogen-bond acceptors (Lipinski definition) is 3. The smallest absolute Gasteiger partial charge is 0.255 e. The van der Waals surface area contributed by atoms with E-state index in [1.165, 1.54) is 12.1 Å². The Balaban J connectivity index is 2.58. The number of hydrogen-bond donors (Lipinski definition) is 3. The van der Waals surface area contributed by atoms with E-state index >= 15 is 0 Å². The summed E-state index contributed by atoms with van der Waals surface area (Å²) in [7, 11) is 0. The second kappa shape index (κ2) is 8.02. The summed E-state index contributed by atoms with van der Waals surface area (Å²) in [4.78, 5) is 11.9. The fourth-order valence-corrected chi connectivity index (χ4v) is 2.13. The van der Waals surface area contributed by atoms with Gasteiger partial charge in [-0.1, -0.05) is 24.9 Å². The number of phenolic OH excluding ortho intramolecular Hbond substituents is 1. The summed E-state index contributed by atoms with van der Waals surface area (Å²) in [6, 6.07) is 4.40. The number of benzene rings is 1. The summed E-state index contributed by atoms with van der Waals surface area (Å²) < 4.78 is 0. The Morgan fingerprint density at radius 1 is 1.42 bits per heavy atom. The Hall–Kier alpha value is -1.26. The molecule has 0 saturated carbocycles. The molecule has 1 unspecified atom stereocenters. The van der Waals surface area contributed by atoms with Crippen molar-refractivity contribution in [2.24, 2.45) is 5.92 Å². The third-order valence-electron chi connectivity index (χ3n) is 2.99. The van der Waals surface area contributed by atoms with Crippen LogP contribution in [0.1, 0.15) is 36.5 Å². The lowest BCUT2D eigenvalue weighted by atomic mass is 10.00. The van der Waals surface area contributed by atoms with Crippen LogP contribution < -0.4 is 5.32 Å². The van der Waals surface area contributed by atoms with Gasteiger partial charge in [0.05, 0.1) is 5.56 Å². The summed E-state index contributed by atoms with van der Waals surface area (Å²) >= 11 is 5.71. The van der Waals surface area contributed by atoms with E-state index < -0.39 is 0 Å². The van der Waals surface area contributed by atoms with Crippen LogP contribution in [-0.4, -0.2) is 29.3 Å². The lowest BCUT2D eigenvalue weighted by Crippen LogP contribution is -2.29. The van der Waals surface area contributed by atoms with Crippen LogP contribution in [0.15, 0.2) is 18.2 Å². The summed E-state index contributed by atoms with van der Waals surface area (Å²) in [5.41, 5.74) is 0.212. The first-order valence-electron chi connectivity index (χ1n) is 6.46. The zero-order valence-corrected chi connectivity index (χ0v) is 11.8. The zero-order chi connectivity index (χ0) is 14.3. The van der Waals surface area contributed by atoms with E-state index in [-0.39, 0.29) is 29.7 Å². The number of carbonyl (C=O) groups excluding carboxylic acids is 1. The number of amides is 1. The fourth-order valence-electron chi connectivity index (χ4n) is 1.97. The van der Waals surface area contributed by atoms with Gasteiger partial charge in [-0.25, -0.2) is 0 Å². The predicted molar refractivity (Wildman–Crippen MR) is 75.6 cm³/mol. The maximum Gasteiger partial charge on any atom is 0.255 e. The van der Waals surface area contributed by atoms with Gasteiger partial charge >= 0.3 is 0 Å². The number of aliphatic hydroxyl groups excluding tert-OH is 1. The van der Waals surface area contributed by atoms with Crippen molar-refractivity contribution in [3.05, 3.63) is 28.8 Å². The van der Waals surface area contributed by atoms with Crippen LogP contribution in [0.2, 0.25) is 5.02 Å². The summed E-state index contributed by atoms with van der Waals surface area (Å²) in [6.45, 7) is 2.68. The molecule has 1 aromatic rings. The Kier molecular flexibility index (Phi) is 6.67. The van der Waals surface area contributed by atoms with Crippen molar-refractivity contribution in [1.29, 1.82) is 0 Å². The number of halogens is 1. The van der Waals surface area contributed by atoms with E-state index in [1.807, 2.05) is 0 Å². The first-order chi connectivity index (χ1) is 9.08. The van der Waals surface area contributed by atoms with Gasteiger partial charge in [-0.15, -0.1) is 0 Å². The molecule has 1 amide bonds. The lowest BCUT2D eigenvalue weighted by Gasteiger charge is -2.16. The average molecular weight is 286 g/mol. The van der Waals surface area contributed by atoms with Crippen molar-refractivity contribution in [3.8, 4) is 5.75 Å². The van der Waals surface area contributed by atoms with Gasteiger partial charge in [0.2, 0.25) is 0 Å². The van der Waals surface area contributed by atoms with Crippen molar-refractivity contribution in [3.63, 3.8) is 0 Å². The molecule has 0 aromatic heterocycles. The van der Waals surface area contributed by atoms with Crippen LogP contribution in [0.4, 0.5) is 0 Å². The molecule has 1 atom stereocenters. The van der Waals surface area contributed by atoms with Gasteiger partial charge in [-0.05, 0) is 37.0 Å². The molecule has 5 heteroatoms. The van der Waals surface area contributed by atoms with Crippen LogP contribution in [-0.2, 0) is 0 Å². The highest BCUT2D eigenvalue weighted by Crippen LogP contribution is 2.21. The molecule has 1 aromatic carbocycles. The van der Waals surface area contributed by atoms with E-state index in [9.17, 15) is 9.90 Å². The maximum atomic E-state index is 11.9. The molecular weight excluding hydrogens is 266 g/mol. The van der Waals surface area contributed by atoms with Gasteiger partial charge in [-0.3, -0.25) is 4.79 Å². The summed E-state index contributed by atoms with van der Waals surface area (Å²) in [5, 5.41) is 21.8. The van der Waals surface area contributed by atoms with Crippen LogP contribution in [0.5, 0.6) is 5.75 Å². The maximum absolute atomic E-state index is 11.9. The van der Waals surface area contributed by atoms with Crippen LogP contribution in [0, 0.1) is 5.92 Å². The second-order valence-corrected chi connectivity index (χ2v) is 4.97. The molecule has 3 N–H and O–H groups in total. The predicted octanol–water partition coefficient (Wildman–Crippen LogP) is 2.57. The van der Waals surface area contributed by atoms with E-state index in [4.69, 9.17) is 16.7 Å². The van der Waals surface area contributed by atoms with Gasteiger partial charge in [-0.2, -0.15) is 0 Å². The largest absolute Gasteiger partial charge is 0.507 e. The van der Waals surface area contributed by atoms with Crippen molar-refractivity contribution in [1.82, 2.24) is 5.32 Å². The molecule has 0 aliphatic rings. The van der Waals surface area contributed by atoms with Gasteiger partial charge < -0.3 is 15.5 Å². The van der Waals surface area contributed by atoms with Crippen molar-refractivity contribution < 1.29 is 15.0 Å². The van der Waals surface area contributed by atoms with E-state index in [2.05, 4.69) is 12.2 Å². The average Bonchev–Trinajstić information content (AvgIpc) is 2.36. The molecule has 1 rings (SSSR count). The molecule has 0 radical (unpaired) electrons. The first-order valence-corrected chi connectivity index (χ1v) is 6.83. The highest BCUT2D eigenvalue weighted by molar-refractivity contribution is 6.30. The molecule has 106 valence electrons. The van der Waals surface area contributed by atoms with Crippen molar-refractivity contribution in [2.75, 3.05) is 13.2 Å². The number of phenols is 1. The molecule has 19 heavy (non-hydrogen) atoms. The zero-order valence-electron chi connectivity index (χ0n) is 11.0. The Bertz CT molecular complexity index is 417. The minimum absolute atomic E-state index is 0.118. The van der Waals surface area contributed by atoms with Crippen molar-refractivity contribution in [2.45, 2.75) is 26.2 Å².